The predicted octanol–water partition coefficient (Wildman–Crippen LogP) is 1.17. The number of carbonyl (C=O) groups is 2. The molecule has 0 aromatic heterocycles. The first-order valence-electron chi connectivity index (χ1n) is 4.03. The number of phenols is 1. The van der Waals surface area contributed by atoms with E-state index in [0.29, 0.717) is 12.0 Å². The summed E-state index contributed by atoms with van der Waals surface area (Å²) in [6.45, 7) is 0. The summed E-state index contributed by atoms with van der Waals surface area (Å²) in [4.78, 5) is 21.5. The zero-order chi connectivity index (χ0) is 10.6. The van der Waals surface area contributed by atoms with Crippen LogP contribution in [0.15, 0.2) is 18.2 Å². The molecule has 1 N–H and O–H groups in total. The maximum atomic E-state index is 11.4. The van der Waals surface area contributed by atoms with Gasteiger partial charge in [-0.25, -0.2) is 0 Å². The highest BCUT2D eigenvalue weighted by molar-refractivity contribution is 6.04. The number of aldehydes is 1. The smallest absolute Gasteiger partial charge is 0.173 e. The first kappa shape index (κ1) is 10.2. The highest BCUT2D eigenvalue weighted by Gasteiger charge is 2.12. The summed E-state index contributed by atoms with van der Waals surface area (Å²) >= 11 is 0. The van der Waals surface area contributed by atoms with Crippen LogP contribution in [0.2, 0.25) is 0 Å². The van der Waals surface area contributed by atoms with E-state index in [1.165, 1.54) is 25.3 Å². The molecular weight excluding hydrogens is 184 g/mol. The molecule has 0 radical (unpaired) electrons. The molecule has 0 heterocycles. The predicted molar refractivity (Wildman–Crippen MR) is 49.7 cm³/mol. The van der Waals surface area contributed by atoms with Crippen molar-refractivity contribution < 1.29 is 19.4 Å². The van der Waals surface area contributed by atoms with Gasteiger partial charge in [0.15, 0.2) is 5.78 Å². The third-order valence-electron chi connectivity index (χ3n) is 1.75. The molecule has 14 heavy (non-hydrogen) atoms. The Bertz CT molecular complexity index is 357. The summed E-state index contributed by atoms with van der Waals surface area (Å²) in [6.07, 6.45) is 0.311. The summed E-state index contributed by atoms with van der Waals surface area (Å²) < 4.78 is 4.92. The van der Waals surface area contributed by atoms with Crippen LogP contribution in [0.5, 0.6) is 11.5 Å². The minimum atomic E-state index is -0.368. The van der Waals surface area contributed by atoms with Crippen LogP contribution < -0.4 is 4.74 Å². The zero-order valence-corrected chi connectivity index (χ0v) is 7.69. The average molecular weight is 194 g/mol. The lowest BCUT2D eigenvalue weighted by molar-refractivity contribution is -0.107. The van der Waals surface area contributed by atoms with E-state index in [1.807, 2.05) is 0 Å². The van der Waals surface area contributed by atoms with Crippen LogP contribution >= 0.6 is 0 Å². The minimum Gasteiger partial charge on any atom is -0.508 e. The Labute approximate surface area is 81.1 Å². The number of hydrogen-bond acceptors (Lipinski definition) is 4. The summed E-state index contributed by atoms with van der Waals surface area (Å²) in [5.74, 6) is -0.0394. The molecule has 0 saturated carbocycles. The largest absolute Gasteiger partial charge is 0.508 e. The summed E-state index contributed by atoms with van der Waals surface area (Å²) in [7, 11) is 1.42. The van der Waals surface area contributed by atoms with Crippen LogP contribution in [0.25, 0.3) is 0 Å². The molecule has 1 aromatic rings. The summed E-state index contributed by atoms with van der Waals surface area (Å²) in [6, 6.07) is 4.18. The van der Waals surface area contributed by atoms with Gasteiger partial charge in [-0.3, -0.25) is 4.79 Å². The first-order chi connectivity index (χ1) is 6.69. The molecule has 0 saturated heterocycles. The Balaban J connectivity index is 3.09. The van der Waals surface area contributed by atoms with E-state index in [2.05, 4.69) is 0 Å². The van der Waals surface area contributed by atoms with Gasteiger partial charge in [-0.05, 0) is 18.2 Å². The van der Waals surface area contributed by atoms with Crippen LogP contribution in [0.3, 0.4) is 0 Å². The molecule has 4 nitrogen and oxygen atoms in total. The quantitative estimate of drug-likeness (QED) is 0.444. The number of methoxy groups -OCH3 is 1. The van der Waals surface area contributed by atoms with Gasteiger partial charge in [-0.15, -0.1) is 0 Å². The molecule has 0 amide bonds. The fourth-order valence-electron chi connectivity index (χ4n) is 1.10. The molecule has 1 rings (SSSR count). The van der Waals surface area contributed by atoms with Crippen LogP contribution in [-0.2, 0) is 4.79 Å². The number of ether oxygens (including phenoxy) is 1. The van der Waals surface area contributed by atoms with Crippen molar-refractivity contribution in [3.63, 3.8) is 0 Å². The minimum absolute atomic E-state index is 0.0277. The molecular formula is C10H10O4. The van der Waals surface area contributed by atoms with Crippen molar-refractivity contribution in [2.75, 3.05) is 7.11 Å². The fourth-order valence-corrected chi connectivity index (χ4v) is 1.10. The van der Waals surface area contributed by atoms with Gasteiger partial charge in [0.05, 0.1) is 19.1 Å². The van der Waals surface area contributed by atoms with Crippen LogP contribution in [-0.4, -0.2) is 24.3 Å². The van der Waals surface area contributed by atoms with Crippen molar-refractivity contribution in [3.8, 4) is 11.5 Å². The standard InChI is InChI=1S/C10H10O4/c1-14-10-3-2-7(12)6-8(10)9(13)4-5-11/h2-3,5-6,12H,4H2,1H3. The number of hydrogen-bond donors (Lipinski definition) is 1. The van der Waals surface area contributed by atoms with E-state index in [-0.39, 0.29) is 23.5 Å². The third kappa shape index (κ3) is 2.10. The Morgan fingerprint density at radius 1 is 1.57 bits per heavy atom. The number of rotatable bonds is 4. The van der Waals surface area contributed by atoms with E-state index >= 15 is 0 Å². The molecule has 4 heteroatoms. The second kappa shape index (κ2) is 4.41. The van der Waals surface area contributed by atoms with E-state index in [9.17, 15) is 9.59 Å². The Kier molecular flexibility index (Phi) is 3.23. The monoisotopic (exact) mass is 194 g/mol. The summed E-state index contributed by atoms with van der Waals surface area (Å²) in [5, 5.41) is 9.15. The maximum Gasteiger partial charge on any atom is 0.173 e. The van der Waals surface area contributed by atoms with Crippen LogP contribution in [0.4, 0.5) is 0 Å². The van der Waals surface area contributed by atoms with Gasteiger partial charge in [0, 0.05) is 0 Å². The summed E-state index contributed by atoms with van der Waals surface area (Å²) in [5.41, 5.74) is 0.222. The maximum absolute atomic E-state index is 11.4. The van der Waals surface area contributed by atoms with Crippen molar-refractivity contribution in [1.29, 1.82) is 0 Å². The molecule has 0 unspecified atom stereocenters. The van der Waals surface area contributed by atoms with Gasteiger partial charge >= 0.3 is 0 Å². The number of ketones is 1. The molecule has 0 spiro atoms. The number of benzene rings is 1. The molecule has 0 fully saturated rings. The lowest BCUT2D eigenvalue weighted by atomic mass is 10.1. The topological polar surface area (TPSA) is 63.6 Å². The van der Waals surface area contributed by atoms with E-state index in [1.54, 1.807) is 0 Å². The van der Waals surface area contributed by atoms with E-state index < -0.39 is 0 Å². The number of carbonyl (C=O) groups excluding carboxylic acids is 2. The van der Waals surface area contributed by atoms with Crippen molar-refractivity contribution >= 4 is 12.1 Å². The second-order valence-corrected chi connectivity index (χ2v) is 2.68. The normalized spacial score (nSPS) is 9.50. The van der Waals surface area contributed by atoms with Crippen molar-refractivity contribution in [2.24, 2.45) is 0 Å². The van der Waals surface area contributed by atoms with E-state index in [4.69, 9.17) is 9.84 Å². The van der Waals surface area contributed by atoms with Crippen molar-refractivity contribution in [2.45, 2.75) is 6.42 Å². The van der Waals surface area contributed by atoms with E-state index in [0.717, 1.165) is 0 Å². The number of aromatic hydroxyl groups is 1. The first-order valence-corrected chi connectivity index (χ1v) is 4.03. The number of Topliss-reactive ketones (excluding diaryl/α,β-unsaturated/α-hetero) is 1. The van der Waals surface area contributed by atoms with Gasteiger partial charge in [0.2, 0.25) is 0 Å². The van der Waals surface area contributed by atoms with Gasteiger partial charge in [-0.2, -0.15) is 0 Å². The molecule has 0 aliphatic carbocycles. The lowest BCUT2D eigenvalue weighted by Crippen LogP contribution is -2.02. The Morgan fingerprint density at radius 3 is 2.86 bits per heavy atom. The third-order valence-corrected chi connectivity index (χ3v) is 1.75. The zero-order valence-electron chi connectivity index (χ0n) is 7.69. The van der Waals surface area contributed by atoms with Crippen molar-refractivity contribution in [1.82, 2.24) is 0 Å². The fraction of sp³-hybridized carbons (Fsp3) is 0.200. The molecule has 74 valence electrons. The van der Waals surface area contributed by atoms with Crippen molar-refractivity contribution in [3.05, 3.63) is 23.8 Å². The molecule has 0 aliphatic rings. The highest BCUT2D eigenvalue weighted by atomic mass is 16.5. The van der Waals surface area contributed by atoms with Gasteiger partial charge in [0.25, 0.3) is 0 Å². The average Bonchev–Trinajstić information content (AvgIpc) is 2.18. The molecule has 1 aromatic carbocycles. The highest BCUT2D eigenvalue weighted by Crippen LogP contribution is 2.23. The van der Waals surface area contributed by atoms with Crippen LogP contribution in [0.1, 0.15) is 16.8 Å². The SMILES string of the molecule is COc1ccc(O)cc1C(=O)CC=O. The number of phenolic OH excluding ortho intramolecular Hbond substituents is 1. The molecule has 0 atom stereocenters. The Hall–Kier alpha value is -1.84. The second-order valence-electron chi connectivity index (χ2n) is 2.68. The van der Waals surface area contributed by atoms with Crippen LogP contribution in [0, 0.1) is 0 Å². The lowest BCUT2D eigenvalue weighted by Gasteiger charge is -2.06. The van der Waals surface area contributed by atoms with Gasteiger partial charge in [0.1, 0.15) is 17.8 Å². The Morgan fingerprint density at radius 2 is 2.29 bits per heavy atom. The van der Waals surface area contributed by atoms with Gasteiger partial charge < -0.3 is 14.6 Å². The molecule has 0 bridgehead atoms. The molecule has 0 aliphatic heterocycles. The van der Waals surface area contributed by atoms with Gasteiger partial charge in [-0.1, -0.05) is 0 Å².